The van der Waals surface area contributed by atoms with Gasteiger partial charge in [0.05, 0.1) is 32.0 Å². The monoisotopic (exact) mass is 1230 g/mol. The number of hydrogen-bond donors (Lipinski definition) is 6. The lowest BCUT2D eigenvalue weighted by molar-refractivity contribution is -0.302. The first-order chi connectivity index (χ1) is 42.7. The molecule has 0 aromatic rings. The Morgan fingerprint density at radius 2 is 0.770 bits per heavy atom. The third-order valence-corrected chi connectivity index (χ3v) is 17.7. The van der Waals surface area contributed by atoms with Crippen molar-refractivity contribution in [2.45, 2.75) is 403 Å². The first kappa shape index (κ1) is 82.6. The molecule has 1 amide bonds. The minimum absolute atomic E-state index is 0.00340. The van der Waals surface area contributed by atoms with Crippen molar-refractivity contribution in [2.24, 2.45) is 0 Å². The summed E-state index contributed by atoms with van der Waals surface area (Å²) in [6.07, 6.45) is 75.6. The van der Waals surface area contributed by atoms with Crippen LogP contribution in [0.4, 0.5) is 0 Å². The van der Waals surface area contributed by atoms with E-state index in [0.717, 1.165) is 64.2 Å². The fourth-order valence-electron chi connectivity index (χ4n) is 11.8. The molecule has 0 spiro atoms. The Kier molecular flexibility index (Phi) is 61.9. The minimum atomic E-state index is -1.57. The second-order valence-corrected chi connectivity index (χ2v) is 26.0. The van der Waals surface area contributed by atoms with E-state index in [1.165, 1.54) is 270 Å². The Hall–Kier alpha value is -2.38. The van der Waals surface area contributed by atoms with E-state index in [0.29, 0.717) is 19.4 Å². The fraction of sp³-hybridized carbons (Fsp3) is 0.868. The molecule has 7 atom stereocenters. The van der Waals surface area contributed by atoms with Gasteiger partial charge in [0.15, 0.2) is 6.29 Å². The topological polar surface area (TPSA) is 175 Å². The molecule has 6 N–H and O–H groups in total. The van der Waals surface area contributed by atoms with Gasteiger partial charge in [0, 0.05) is 12.8 Å². The number of allylic oxidation sites excluding steroid dienone is 7. The van der Waals surface area contributed by atoms with Crippen molar-refractivity contribution in [3.63, 3.8) is 0 Å². The lowest BCUT2D eigenvalue weighted by Gasteiger charge is -2.40. The predicted molar refractivity (Wildman–Crippen MR) is 366 cm³/mol. The summed E-state index contributed by atoms with van der Waals surface area (Å²) in [5.41, 5.74) is 0. The van der Waals surface area contributed by atoms with Crippen LogP contribution in [0.2, 0.25) is 0 Å². The molecule has 0 aliphatic carbocycles. The molecule has 0 saturated carbocycles. The van der Waals surface area contributed by atoms with Gasteiger partial charge in [-0.1, -0.05) is 306 Å². The molecule has 1 heterocycles. The van der Waals surface area contributed by atoms with E-state index in [2.05, 4.69) is 55.6 Å². The quantitative estimate of drug-likeness (QED) is 0.0195. The molecule has 11 heteroatoms. The Morgan fingerprint density at radius 1 is 0.425 bits per heavy atom. The van der Waals surface area contributed by atoms with Gasteiger partial charge in [0.25, 0.3) is 0 Å². The van der Waals surface area contributed by atoms with Gasteiger partial charge in [-0.05, 0) is 89.9 Å². The van der Waals surface area contributed by atoms with Crippen LogP contribution in [0.3, 0.4) is 0 Å². The van der Waals surface area contributed by atoms with Crippen LogP contribution in [0.5, 0.6) is 0 Å². The number of hydrogen-bond acceptors (Lipinski definition) is 10. The Labute approximate surface area is 536 Å². The van der Waals surface area contributed by atoms with Crippen LogP contribution in [-0.4, -0.2) is 100 Å². The standard InChI is InChI=1S/C76H141NO10/c1-3-5-7-9-11-13-14-15-16-17-35-38-41-44-48-52-56-60-64-72(81)85-65-61-57-53-49-45-42-39-36-33-31-29-27-25-23-21-19-18-20-22-24-26-28-30-32-34-37-40-43-47-51-55-59-63-71(80)77-68(69(79)62-58-54-50-46-12-10-8-6-4-2)67-86-76-75(84)74(83)73(82)70(66-78)87-76/h13-14,16-17,21,23,58,62,68-70,73-76,78-79,82-84H,3-12,15,18-20,22,24-57,59-61,63-67H2,1-2H3,(H,77,80)/b14-13-,17-16-,23-21-,62-58+. The van der Waals surface area contributed by atoms with Crippen molar-refractivity contribution in [1.82, 2.24) is 5.32 Å². The summed E-state index contributed by atoms with van der Waals surface area (Å²) in [5.74, 6) is -0.177. The minimum Gasteiger partial charge on any atom is -0.466 e. The van der Waals surface area contributed by atoms with E-state index >= 15 is 0 Å². The maximum Gasteiger partial charge on any atom is 0.305 e. The molecule has 1 aliphatic rings. The van der Waals surface area contributed by atoms with Crippen molar-refractivity contribution in [2.75, 3.05) is 19.8 Å². The van der Waals surface area contributed by atoms with E-state index in [1.54, 1.807) is 6.08 Å². The van der Waals surface area contributed by atoms with Crippen LogP contribution < -0.4 is 5.32 Å². The first-order valence-electron chi connectivity index (χ1n) is 37.4. The Bertz CT molecular complexity index is 1580. The molecular formula is C76H141NO10. The van der Waals surface area contributed by atoms with Crippen molar-refractivity contribution >= 4 is 11.9 Å². The normalized spacial score (nSPS) is 18.1. The highest BCUT2D eigenvalue weighted by Gasteiger charge is 2.44. The molecule has 7 unspecified atom stereocenters. The van der Waals surface area contributed by atoms with E-state index < -0.39 is 49.5 Å². The lowest BCUT2D eigenvalue weighted by Crippen LogP contribution is -2.60. The molecule has 87 heavy (non-hydrogen) atoms. The molecule has 1 rings (SSSR count). The second-order valence-electron chi connectivity index (χ2n) is 26.0. The largest absolute Gasteiger partial charge is 0.466 e. The summed E-state index contributed by atoms with van der Waals surface area (Å²) >= 11 is 0. The summed E-state index contributed by atoms with van der Waals surface area (Å²) in [7, 11) is 0. The van der Waals surface area contributed by atoms with E-state index in [4.69, 9.17) is 14.2 Å². The number of carbonyl (C=O) groups is 2. The number of unbranched alkanes of at least 4 members (excludes halogenated alkanes) is 46. The molecule has 1 saturated heterocycles. The van der Waals surface area contributed by atoms with Crippen LogP contribution in [0.25, 0.3) is 0 Å². The third-order valence-electron chi connectivity index (χ3n) is 17.7. The molecule has 0 bridgehead atoms. The smallest absolute Gasteiger partial charge is 0.305 e. The molecule has 510 valence electrons. The number of aliphatic hydroxyl groups is 5. The fourth-order valence-corrected chi connectivity index (χ4v) is 11.8. The van der Waals surface area contributed by atoms with Crippen molar-refractivity contribution in [3.05, 3.63) is 48.6 Å². The summed E-state index contributed by atoms with van der Waals surface area (Å²) in [6, 6.07) is -0.807. The first-order valence-corrected chi connectivity index (χ1v) is 37.4. The summed E-state index contributed by atoms with van der Waals surface area (Å²) in [6.45, 7) is 4.33. The van der Waals surface area contributed by atoms with Crippen LogP contribution in [0, 0.1) is 0 Å². The number of aliphatic hydroxyl groups excluding tert-OH is 5. The molecule has 1 aliphatic heterocycles. The Balaban J connectivity index is 1.88. The van der Waals surface area contributed by atoms with Gasteiger partial charge in [0.2, 0.25) is 5.91 Å². The van der Waals surface area contributed by atoms with Crippen LogP contribution in [-0.2, 0) is 23.8 Å². The van der Waals surface area contributed by atoms with Gasteiger partial charge < -0.3 is 45.1 Å². The van der Waals surface area contributed by atoms with Gasteiger partial charge in [-0.2, -0.15) is 0 Å². The Morgan fingerprint density at radius 3 is 1.18 bits per heavy atom. The second kappa shape index (κ2) is 65.1. The highest BCUT2D eigenvalue weighted by atomic mass is 16.7. The van der Waals surface area contributed by atoms with Gasteiger partial charge in [0.1, 0.15) is 24.4 Å². The zero-order valence-corrected chi connectivity index (χ0v) is 56.7. The SMILES string of the molecule is CCCCCC/C=C\C/C=C\CCCCCCCCCC(=O)OCCCCCCCCCCCCCC/C=C\CCCCCCCCCCCCCCCCCCC(=O)NC(COC1OC(CO)C(O)C(O)C1O)C(O)/C=C/CCCCCCCCC. The van der Waals surface area contributed by atoms with Crippen LogP contribution in [0.15, 0.2) is 48.6 Å². The average Bonchev–Trinajstić information content (AvgIpc) is 3.04. The van der Waals surface area contributed by atoms with Crippen molar-refractivity contribution in [3.8, 4) is 0 Å². The molecule has 0 aromatic heterocycles. The van der Waals surface area contributed by atoms with E-state index in [1.807, 2.05) is 6.08 Å². The zero-order chi connectivity index (χ0) is 63.0. The predicted octanol–water partition coefficient (Wildman–Crippen LogP) is 19.5. The number of ether oxygens (including phenoxy) is 3. The van der Waals surface area contributed by atoms with Crippen LogP contribution >= 0.6 is 0 Å². The molecule has 0 radical (unpaired) electrons. The number of amides is 1. The highest BCUT2D eigenvalue weighted by Crippen LogP contribution is 2.23. The molecule has 1 fully saturated rings. The number of esters is 1. The van der Waals surface area contributed by atoms with Gasteiger partial charge in [-0.25, -0.2) is 0 Å². The number of carbonyl (C=O) groups excluding carboxylic acids is 2. The molecule has 0 aromatic carbocycles. The van der Waals surface area contributed by atoms with Gasteiger partial charge in [-0.3, -0.25) is 9.59 Å². The number of nitrogens with one attached hydrogen (secondary N) is 1. The van der Waals surface area contributed by atoms with Gasteiger partial charge >= 0.3 is 5.97 Å². The van der Waals surface area contributed by atoms with E-state index in [9.17, 15) is 35.1 Å². The van der Waals surface area contributed by atoms with E-state index in [-0.39, 0.29) is 18.5 Å². The maximum absolute atomic E-state index is 13.0. The summed E-state index contributed by atoms with van der Waals surface area (Å²) in [5, 5.41) is 54.3. The lowest BCUT2D eigenvalue weighted by atomic mass is 9.99. The van der Waals surface area contributed by atoms with Crippen molar-refractivity contribution in [1.29, 1.82) is 0 Å². The summed E-state index contributed by atoms with van der Waals surface area (Å²) in [4.78, 5) is 25.1. The van der Waals surface area contributed by atoms with Crippen LogP contribution in [0.1, 0.15) is 361 Å². The highest BCUT2D eigenvalue weighted by molar-refractivity contribution is 5.76. The van der Waals surface area contributed by atoms with Gasteiger partial charge in [-0.15, -0.1) is 0 Å². The average molecular weight is 1230 g/mol. The summed E-state index contributed by atoms with van der Waals surface area (Å²) < 4.78 is 16.7. The maximum atomic E-state index is 13.0. The van der Waals surface area contributed by atoms with Crippen molar-refractivity contribution < 1.29 is 49.3 Å². The zero-order valence-electron chi connectivity index (χ0n) is 56.7. The number of rotatable bonds is 66. The third kappa shape index (κ3) is 53.9. The molecule has 11 nitrogen and oxygen atoms in total. The molecular weight excluding hydrogens is 1090 g/mol.